The van der Waals surface area contributed by atoms with Gasteiger partial charge in [0, 0.05) is 0 Å². The third-order valence-electron chi connectivity index (χ3n) is 2.20. The fourth-order valence-corrected chi connectivity index (χ4v) is 0.620. The van der Waals surface area contributed by atoms with Crippen molar-refractivity contribution in [2.24, 2.45) is 5.92 Å². The first-order valence-electron chi connectivity index (χ1n) is 4.42. The first-order chi connectivity index (χ1) is 5.45. The lowest BCUT2D eigenvalue weighted by atomic mass is 10.0. The Morgan fingerprint density at radius 3 is 2.00 bits per heavy atom. The molecule has 1 atom stereocenters. The molecule has 0 aliphatic carbocycles. The average molecular weight is 164 g/mol. The maximum absolute atomic E-state index is 3.91. The predicted molar refractivity (Wildman–Crippen MR) is 57.2 cm³/mol. The maximum atomic E-state index is 3.91. The molecule has 0 spiro atoms. The zero-order valence-electron chi connectivity index (χ0n) is 8.94. The number of hydrogen-bond acceptors (Lipinski definition) is 0. The van der Waals surface area contributed by atoms with E-state index in [1.807, 2.05) is 0 Å². The third-order valence-corrected chi connectivity index (χ3v) is 2.20. The van der Waals surface area contributed by atoms with Gasteiger partial charge in [0.15, 0.2) is 0 Å². The second-order valence-corrected chi connectivity index (χ2v) is 3.68. The van der Waals surface area contributed by atoms with Gasteiger partial charge in [-0.15, -0.1) is 0 Å². The molecule has 0 saturated carbocycles. The Bertz CT molecular complexity index is 212. The van der Waals surface area contributed by atoms with Gasteiger partial charge in [0.05, 0.1) is 0 Å². The molecule has 0 aromatic carbocycles. The SMILES string of the molecule is C=C(C)C(C)C=CC(C)=C(C)C. The van der Waals surface area contributed by atoms with Crippen molar-refractivity contribution in [1.29, 1.82) is 0 Å². The molecule has 0 nitrogen and oxygen atoms in total. The lowest BCUT2D eigenvalue weighted by molar-refractivity contribution is 0.866. The molecule has 0 saturated heterocycles. The standard InChI is InChI=1S/C12H20/c1-9(2)11(5)7-8-12(6)10(3)4/h7-8,11H,1H2,2-6H3. The Labute approximate surface area is 76.7 Å². The molecule has 0 amide bonds. The Kier molecular flexibility index (Phi) is 4.65. The molecular weight excluding hydrogens is 144 g/mol. The van der Waals surface area contributed by atoms with Gasteiger partial charge in [-0.1, -0.05) is 42.4 Å². The van der Waals surface area contributed by atoms with E-state index in [1.54, 1.807) is 0 Å². The summed E-state index contributed by atoms with van der Waals surface area (Å²) in [5.41, 5.74) is 3.94. The second-order valence-electron chi connectivity index (χ2n) is 3.68. The quantitative estimate of drug-likeness (QED) is 0.435. The Hall–Kier alpha value is -0.780. The van der Waals surface area contributed by atoms with Gasteiger partial charge in [-0.2, -0.15) is 0 Å². The van der Waals surface area contributed by atoms with Gasteiger partial charge in [-0.3, -0.25) is 0 Å². The van der Waals surface area contributed by atoms with Crippen molar-refractivity contribution in [3.8, 4) is 0 Å². The van der Waals surface area contributed by atoms with Crippen LogP contribution in [0.5, 0.6) is 0 Å². The molecular formula is C12H20. The van der Waals surface area contributed by atoms with Crippen molar-refractivity contribution in [2.45, 2.75) is 34.6 Å². The fraction of sp³-hybridized carbons (Fsp3) is 0.500. The van der Waals surface area contributed by atoms with E-state index in [0.717, 1.165) is 0 Å². The van der Waals surface area contributed by atoms with Crippen LogP contribution in [0.1, 0.15) is 34.6 Å². The van der Waals surface area contributed by atoms with E-state index >= 15 is 0 Å². The molecule has 0 aromatic rings. The van der Waals surface area contributed by atoms with Crippen molar-refractivity contribution in [3.63, 3.8) is 0 Å². The van der Waals surface area contributed by atoms with Crippen LogP contribution < -0.4 is 0 Å². The second kappa shape index (κ2) is 4.97. The zero-order valence-corrected chi connectivity index (χ0v) is 8.94. The Morgan fingerprint density at radius 1 is 1.17 bits per heavy atom. The van der Waals surface area contributed by atoms with E-state index in [2.05, 4.69) is 53.3 Å². The van der Waals surface area contributed by atoms with Crippen LogP contribution in [-0.4, -0.2) is 0 Å². The predicted octanol–water partition coefficient (Wildman–Crippen LogP) is 4.11. The summed E-state index contributed by atoms with van der Waals surface area (Å²) in [5.74, 6) is 0.485. The molecule has 0 aromatic heterocycles. The first kappa shape index (κ1) is 11.2. The van der Waals surface area contributed by atoms with E-state index in [4.69, 9.17) is 0 Å². The smallest absolute Gasteiger partial charge is 0.00539 e. The molecule has 0 fully saturated rings. The van der Waals surface area contributed by atoms with Gasteiger partial charge in [-0.25, -0.2) is 0 Å². The van der Waals surface area contributed by atoms with E-state index in [-0.39, 0.29) is 0 Å². The van der Waals surface area contributed by atoms with Crippen molar-refractivity contribution in [2.75, 3.05) is 0 Å². The monoisotopic (exact) mass is 164 g/mol. The van der Waals surface area contributed by atoms with Crippen LogP contribution in [0.15, 0.2) is 35.5 Å². The highest BCUT2D eigenvalue weighted by Gasteiger charge is 1.95. The Balaban J connectivity index is 4.26. The van der Waals surface area contributed by atoms with E-state index in [1.165, 1.54) is 16.7 Å². The lowest BCUT2D eigenvalue weighted by Crippen LogP contribution is -1.89. The van der Waals surface area contributed by atoms with Gasteiger partial charge in [-0.05, 0) is 33.6 Å². The highest BCUT2D eigenvalue weighted by atomic mass is 14.0. The van der Waals surface area contributed by atoms with Crippen molar-refractivity contribution >= 4 is 0 Å². The average Bonchev–Trinajstić information content (AvgIpc) is 1.98. The maximum Gasteiger partial charge on any atom is -0.00539 e. The van der Waals surface area contributed by atoms with Crippen LogP contribution in [0.25, 0.3) is 0 Å². The summed E-state index contributed by atoms with van der Waals surface area (Å²) in [6.07, 6.45) is 4.37. The minimum atomic E-state index is 0.485. The van der Waals surface area contributed by atoms with Crippen LogP contribution in [0.4, 0.5) is 0 Å². The van der Waals surface area contributed by atoms with Gasteiger partial charge >= 0.3 is 0 Å². The van der Waals surface area contributed by atoms with Crippen molar-refractivity contribution < 1.29 is 0 Å². The van der Waals surface area contributed by atoms with Crippen LogP contribution in [-0.2, 0) is 0 Å². The molecule has 0 heterocycles. The molecule has 0 aliphatic heterocycles. The minimum Gasteiger partial charge on any atom is -0.0996 e. The normalized spacial score (nSPS) is 13.1. The summed E-state index contributed by atoms with van der Waals surface area (Å²) in [4.78, 5) is 0. The first-order valence-corrected chi connectivity index (χ1v) is 4.42. The number of allylic oxidation sites excluding steroid dienone is 5. The van der Waals surface area contributed by atoms with Crippen LogP contribution in [0.2, 0.25) is 0 Å². The minimum absolute atomic E-state index is 0.485. The van der Waals surface area contributed by atoms with Crippen molar-refractivity contribution in [1.82, 2.24) is 0 Å². The summed E-state index contributed by atoms with van der Waals surface area (Å²) in [6, 6.07) is 0. The highest BCUT2D eigenvalue weighted by Crippen LogP contribution is 2.11. The summed E-state index contributed by atoms with van der Waals surface area (Å²) in [6.45, 7) is 14.5. The van der Waals surface area contributed by atoms with Crippen LogP contribution >= 0.6 is 0 Å². The summed E-state index contributed by atoms with van der Waals surface area (Å²) in [5, 5.41) is 0. The van der Waals surface area contributed by atoms with Gasteiger partial charge in [0.2, 0.25) is 0 Å². The fourth-order valence-electron chi connectivity index (χ4n) is 0.620. The molecule has 0 N–H and O–H groups in total. The Morgan fingerprint density at radius 2 is 1.67 bits per heavy atom. The molecule has 0 aliphatic rings. The summed E-state index contributed by atoms with van der Waals surface area (Å²) in [7, 11) is 0. The van der Waals surface area contributed by atoms with Gasteiger partial charge < -0.3 is 0 Å². The van der Waals surface area contributed by atoms with Crippen molar-refractivity contribution in [3.05, 3.63) is 35.5 Å². The number of hydrogen-bond donors (Lipinski definition) is 0. The largest absolute Gasteiger partial charge is 0.0996 e. The molecule has 0 rings (SSSR count). The molecule has 0 bridgehead atoms. The third kappa shape index (κ3) is 4.17. The molecule has 0 radical (unpaired) electrons. The molecule has 12 heavy (non-hydrogen) atoms. The molecule has 1 unspecified atom stereocenters. The molecule has 0 heteroatoms. The van der Waals surface area contributed by atoms with Crippen LogP contribution in [0.3, 0.4) is 0 Å². The summed E-state index contributed by atoms with van der Waals surface area (Å²) < 4.78 is 0. The van der Waals surface area contributed by atoms with E-state index in [9.17, 15) is 0 Å². The van der Waals surface area contributed by atoms with Gasteiger partial charge in [0.25, 0.3) is 0 Å². The zero-order chi connectivity index (χ0) is 9.72. The lowest BCUT2D eigenvalue weighted by Gasteiger charge is -2.04. The number of rotatable bonds is 3. The highest BCUT2D eigenvalue weighted by molar-refractivity contribution is 5.22. The van der Waals surface area contributed by atoms with Crippen LogP contribution in [0, 0.1) is 5.92 Å². The van der Waals surface area contributed by atoms with E-state index in [0.29, 0.717) is 5.92 Å². The topological polar surface area (TPSA) is 0 Å². The summed E-state index contributed by atoms with van der Waals surface area (Å²) >= 11 is 0. The van der Waals surface area contributed by atoms with E-state index < -0.39 is 0 Å². The van der Waals surface area contributed by atoms with Gasteiger partial charge in [0.1, 0.15) is 0 Å². The molecule has 68 valence electrons.